The van der Waals surface area contributed by atoms with E-state index in [1.54, 1.807) is 16.3 Å². The van der Waals surface area contributed by atoms with Crippen molar-refractivity contribution in [3.8, 4) is 0 Å². The van der Waals surface area contributed by atoms with Gasteiger partial charge in [0, 0.05) is 4.90 Å². The minimum atomic E-state index is -4.88. The van der Waals surface area contributed by atoms with Gasteiger partial charge in [0.1, 0.15) is 5.82 Å². The van der Waals surface area contributed by atoms with Crippen LogP contribution >= 0.6 is 11.8 Å². The lowest BCUT2D eigenvalue weighted by atomic mass is 10.2. The van der Waals surface area contributed by atoms with E-state index >= 15 is 0 Å². The van der Waals surface area contributed by atoms with Crippen molar-refractivity contribution in [2.45, 2.75) is 16.0 Å². The molecule has 0 aliphatic rings. The van der Waals surface area contributed by atoms with E-state index in [0.29, 0.717) is 6.07 Å². The maximum Gasteiger partial charge on any atom is 0.417 e. The highest BCUT2D eigenvalue weighted by atomic mass is 32.2. The van der Waals surface area contributed by atoms with Crippen LogP contribution in [-0.2, 0) is 21.0 Å². The standard InChI is InChI=1S/C15H12F4N2O3S2/c16-11-6-2-3-7-12(11)25-9-14(22)20-21-26(23,24)13-8-4-1-5-10(13)15(17,18)19/h1-8,21H,9H2,(H,20,22). The number of alkyl halides is 3. The predicted octanol–water partition coefficient (Wildman–Crippen LogP) is 2.95. The average Bonchev–Trinajstić information content (AvgIpc) is 2.58. The van der Waals surface area contributed by atoms with Gasteiger partial charge >= 0.3 is 6.18 Å². The van der Waals surface area contributed by atoms with Gasteiger partial charge in [-0.3, -0.25) is 10.2 Å². The van der Waals surface area contributed by atoms with Crippen molar-refractivity contribution in [2.75, 3.05) is 5.75 Å². The first-order valence-electron chi connectivity index (χ1n) is 6.95. The Kier molecular flexibility index (Phi) is 6.26. The largest absolute Gasteiger partial charge is 0.417 e. The molecule has 0 fully saturated rings. The lowest BCUT2D eigenvalue weighted by Gasteiger charge is -2.14. The number of halogens is 4. The number of sulfonamides is 1. The fourth-order valence-electron chi connectivity index (χ4n) is 1.86. The molecule has 0 saturated heterocycles. The third kappa shape index (κ3) is 5.19. The molecule has 0 radical (unpaired) electrons. The van der Waals surface area contributed by atoms with Gasteiger partial charge in [-0.2, -0.15) is 13.2 Å². The summed E-state index contributed by atoms with van der Waals surface area (Å²) < 4.78 is 76.2. The number of nitrogens with one attached hydrogen (secondary N) is 2. The Morgan fingerprint density at radius 3 is 2.31 bits per heavy atom. The van der Waals surface area contributed by atoms with Crippen molar-refractivity contribution in [3.63, 3.8) is 0 Å². The Morgan fingerprint density at radius 1 is 1.04 bits per heavy atom. The van der Waals surface area contributed by atoms with E-state index in [4.69, 9.17) is 0 Å². The van der Waals surface area contributed by atoms with E-state index in [1.807, 2.05) is 0 Å². The summed E-state index contributed by atoms with van der Waals surface area (Å²) in [5.74, 6) is -1.75. The molecule has 0 heterocycles. The summed E-state index contributed by atoms with van der Waals surface area (Å²) in [5.41, 5.74) is 0.443. The highest BCUT2D eigenvalue weighted by molar-refractivity contribution is 8.00. The van der Waals surface area contributed by atoms with Crippen molar-refractivity contribution in [1.82, 2.24) is 10.3 Å². The van der Waals surface area contributed by atoms with Crippen molar-refractivity contribution in [3.05, 3.63) is 59.9 Å². The fourth-order valence-corrected chi connectivity index (χ4v) is 3.68. The van der Waals surface area contributed by atoms with Crippen LogP contribution in [0.2, 0.25) is 0 Å². The number of benzene rings is 2. The quantitative estimate of drug-likeness (QED) is 0.438. The zero-order valence-electron chi connectivity index (χ0n) is 12.9. The fraction of sp³-hybridized carbons (Fsp3) is 0.133. The topological polar surface area (TPSA) is 75.3 Å². The molecule has 0 aliphatic heterocycles. The van der Waals surface area contributed by atoms with Crippen LogP contribution in [0.1, 0.15) is 5.56 Å². The first-order chi connectivity index (χ1) is 12.1. The molecule has 2 aromatic carbocycles. The third-order valence-electron chi connectivity index (χ3n) is 3.00. The molecule has 0 saturated carbocycles. The molecule has 0 unspecified atom stereocenters. The van der Waals surface area contributed by atoms with E-state index in [2.05, 4.69) is 0 Å². The predicted molar refractivity (Wildman–Crippen MR) is 87.0 cm³/mol. The molecule has 1 amide bonds. The van der Waals surface area contributed by atoms with E-state index in [0.717, 1.165) is 30.0 Å². The summed E-state index contributed by atoms with van der Waals surface area (Å²) in [6, 6.07) is 9.20. The van der Waals surface area contributed by atoms with Crippen molar-refractivity contribution in [1.29, 1.82) is 0 Å². The number of amides is 1. The van der Waals surface area contributed by atoms with Crippen LogP contribution in [0.25, 0.3) is 0 Å². The number of carbonyl (C=O) groups excluding carboxylic acids is 1. The third-order valence-corrected chi connectivity index (χ3v) is 5.36. The lowest BCUT2D eigenvalue weighted by molar-refractivity contribution is -0.139. The Hall–Kier alpha value is -2.11. The monoisotopic (exact) mass is 408 g/mol. The first-order valence-corrected chi connectivity index (χ1v) is 9.42. The summed E-state index contributed by atoms with van der Waals surface area (Å²) in [7, 11) is -4.65. The number of hydrogen-bond donors (Lipinski definition) is 2. The van der Waals surface area contributed by atoms with Gasteiger partial charge in [0.25, 0.3) is 10.0 Å². The Balaban J connectivity index is 2.03. The van der Waals surface area contributed by atoms with E-state index < -0.39 is 38.4 Å². The second kappa shape index (κ2) is 8.06. The van der Waals surface area contributed by atoms with Crippen LogP contribution in [-0.4, -0.2) is 20.1 Å². The lowest BCUT2D eigenvalue weighted by Crippen LogP contribution is -2.43. The van der Waals surface area contributed by atoms with Crippen LogP contribution in [0.4, 0.5) is 17.6 Å². The van der Waals surface area contributed by atoms with Crippen LogP contribution in [0.3, 0.4) is 0 Å². The van der Waals surface area contributed by atoms with Crippen LogP contribution < -0.4 is 10.3 Å². The maximum absolute atomic E-state index is 13.4. The first kappa shape index (κ1) is 20.2. The van der Waals surface area contributed by atoms with E-state index in [1.165, 1.54) is 18.2 Å². The van der Waals surface area contributed by atoms with Crippen molar-refractivity contribution < 1.29 is 30.8 Å². The number of hydrazine groups is 1. The van der Waals surface area contributed by atoms with Crippen molar-refractivity contribution >= 4 is 27.7 Å². The van der Waals surface area contributed by atoms with Gasteiger partial charge in [-0.15, -0.1) is 16.6 Å². The second-order valence-corrected chi connectivity index (χ2v) is 7.53. The number of rotatable bonds is 6. The molecule has 0 bridgehead atoms. The zero-order valence-corrected chi connectivity index (χ0v) is 14.5. The number of hydrogen-bond acceptors (Lipinski definition) is 4. The van der Waals surface area contributed by atoms with Gasteiger partial charge in [-0.25, -0.2) is 12.8 Å². The number of carbonyl (C=O) groups is 1. The molecule has 0 spiro atoms. The molecular weight excluding hydrogens is 396 g/mol. The van der Waals surface area contributed by atoms with Gasteiger partial charge in [0.05, 0.1) is 16.2 Å². The van der Waals surface area contributed by atoms with Gasteiger partial charge in [-0.1, -0.05) is 24.3 Å². The Labute approximate surface area is 150 Å². The SMILES string of the molecule is O=C(CSc1ccccc1F)NNS(=O)(=O)c1ccccc1C(F)(F)F. The smallest absolute Gasteiger partial charge is 0.277 e. The molecule has 5 nitrogen and oxygen atoms in total. The summed E-state index contributed by atoms with van der Waals surface area (Å²) in [6.45, 7) is 0. The van der Waals surface area contributed by atoms with Gasteiger partial charge in [0.15, 0.2) is 0 Å². The molecule has 26 heavy (non-hydrogen) atoms. The Morgan fingerprint density at radius 2 is 1.65 bits per heavy atom. The maximum atomic E-state index is 13.4. The van der Waals surface area contributed by atoms with E-state index in [-0.39, 0.29) is 10.6 Å². The molecule has 2 aromatic rings. The summed E-state index contributed by atoms with van der Waals surface area (Å²) in [6.07, 6.45) is -4.88. The summed E-state index contributed by atoms with van der Waals surface area (Å²) in [4.78, 5) is 12.4. The zero-order chi connectivity index (χ0) is 19.4. The van der Waals surface area contributed by atoms with Gasteiger partial charge in [-0.05, 0) is 24.3 Å². The molecule has 140 valence electrons. The molecule has 11 heteroatoms. The normalized spacial score (nSPS) is 12.0. The summed E-state index contributed by atoms with van der Waals surface area (Å²) >= 11 is 0.807. The highest BCUT2D eigenvalue weighted by Gasteiger charge is 2.36. The molecule has 0 aliphatic carbocycles. The van der Waals surface area contributed by atoms with Crippen LogP contribution in [0.15, 0.2) is 58.3 Å². The molecule has 2 N–H and O–H groups in total. The molecule has 0 aromatic heterocycles. The molecular formula is C15H12F4N2O3S2. The van der Waals surface area contributed by atoms with E-state index in [9.17, 15) is 30.8 Å². The van der Waals surface area contributed by atoms with Gasteiger partial charge in [0.2, 0.25) is 5.91 Å². The van der Waals surface area contributed by atoms with Crippen LogP contribution in [0, 0.1) is 5.82 Å². The van der Waals surface area contributed by atoms with Gasteiger partial charge < -0.3 is 0 Å². The second-order valence-electron chi connectivity index (χ2n) is 4.87. The minimum absolute atomic E-state index is 0.174. The summed E-state index contributed by atoms with van der Waals surface area (Å²) in [5, 5.41) is 0. The van der Waals surface area contributed by atoms with Crippen LogP contribution in [0.5, 0.6) is 0 Å². The average molecular weight is 408 g/mol. The molecule has 2 rings (SSSR count). The highest BCUT2D eigenvalue weighted by Crippen LogP contribution is 2.33. The molecule has 0 atom stereocenters. The van der Waals surface area contributed by atoms with Crippen molar-refractivity contribution in [2.24, 2.45) is 0 Å². The number of thioether (sulfide) groups is 1. The minimum Gasteiger partial charge on any atom is -0.277 e. The Bertz CT molecular complexity index is 902.